The monoisotopic (exact) mass is 454 g/mol. The van der Waals surface area contributed by atoms with Gasteiger partial charge in [-0.1, -0.05) is 51.1 Å². The molecule has 0 saturated carbocycles. The first-order valence-corrected chi connectivity index (χ1v) is 11.8. The molecule has 1 saturated heterocycles. The van der Waals surface area contributed by atoms with Crippen molar-refractivity contribution in [1.29, 1.82) is 5.26 Å². The lowest BCUT2D eigenvalue weighted by atomic mass is 9.93. The first-order chi connectivity index (χ1) is 16.4. The summed E-state index contributed by atoms with van der Waals surface area (Å²) in [5.41, 5.74) is 7.08. The average Bonchev–Trinajstić information content (AvgIpc) is 2.80. The van der Waals surface area contributed by atoms with E-state index in [-0.39, 0.29) is 5.92 Å². The summed E-state index contributed by atoms with van der Waals surface area (Å²) in [5.74, 6) is 0.118. The van der Waals surface area contributed by atoms with Gasteiger partial charge in [-0.2, -0.15) is 5.26 Å². The fraction of sp³-hybridized carbons (Fsp3) is 0.357. The molecule has 0 atom stereocenters. The molecule has 174 valence electrons. The van der Waals surface area contributed by atoms with E-state index < -0.39 is 5.97 Å². The van der Waals surface area contributed by atoms with Gasteiger partial charge in [0.05, 0.1) is 17.6 Å². The Morgan fingerprint density at radius 1 is 1.15 bits per heavy atom. The lowest BCUT2D eigenvalue weighted by molar-refractivity contribution is -0.147. The molecule has 0 unspecified atom stereocenters. The Kier molecular flexibility index (Phi) is 7.04. The van der Waals surface area contributed by atoms with Crippen molar-refractivity contribution in [2.24, 2.45) is 11.8 Å². The van der Waals surface area contributed by atoms with Crippen LogP contribution in [0, 0.1) is 23.2 Å². The normalized spacial score (nSPS) is 14.1. The Labute approximate surface area is 200 Å². The maximum Gasteiger partial charge on any atom is 0.309 e. The van der Waals surface area contributed by atoms with Crippen LogP contribution in [0.4, 0.5) is 0 Å². The van der Waals surface area contributed by atoms with E-state index >= 15 is 0 Å². The van der Waals surface area contributed by atoms with Crippen molar-refractivity contribution in [3.8, 4) is 28.6 Å². The maximum atomic E-state index is 11.1. The van der Waals surface area contributed by atoms with Gasteiger partial charge in [0.1, 0.15) is 0 Å². The Hall–Kier alpha value is -3.56. The molecule has 1 aliphatic rings. The smallest absolute Gasteiger partial charge is 0.309 e. The molecule has 0 spiro atoms. The number of likely N-dealkylation sites (tertiary alicyclic amines) is 1. The second-order valence-electron chi connectivity index (χ2n) is 9.40. The third-order valence-electron chi connectivity index (χ3n) is 6.41. The van der Waals surface area contributed by atoms with E-state index in [2.05, 4.69) is 53.8 Å². The minimum absolute atomic E-state index is 0.254. The molecule has 1 N–H and O–H groups in total. The van der Waals surface area contributed by atoms with Gasteiger partial charge in [-0.3, -0.25) is 9.69 Å². The van der Waals surface area contributed by atoms with Crippen LogP contribution in [0.15, 0.2) is 48.8 Å². The van der Waals surface area contributed by atoms with E-state index in [1.165, 1.54) is 11.1 Å². The summed E-state index contributed by atoms with van der Waals surface area (Å²) < 4.78 is 0. The van der Waals surface area contributed by atoms with E-state index in [9.17, 15) is 10.1 Å². The maximum absolute atomic E-state index is 11.1. The molecule has 6 heteroatoms. The van der Waals surface area contributed by atoms with Crippen LogP contribution in [-0.2, 0) is 24.2 Å². The van der Waals surface area contributed by atoms with Crippen LogP contribution < -0.4 is 0 Å². The Morgan fingerprint density at radius 2 is 1.88 bits per heavy atom. The second kappa shape index (κ2) is 10.1. The number of carboxylic acid groups (broad SMARTS) is 1. The molecule has 0 amide bonds. The largest absolute Gasteiger partial charge is 0.481 e. The highest BCUT2D eigenvalue weighted by molar-refractivity contribution is 5.72. The Balaban J connectivity index is 1.56. The van der Waals surface area contributed by atoms with Gasteiger partial charge in [-0.25, -0.2) is 9.97 Å². The number of hydrogen-bond donors (Lipinski definition) is 1. The number of nitrogens with zero attached hydrogens (tertiary/aromatic N) is 4. The number of carbonyl (C=O) groups is 1. The summed E-state index contributed by atoms with van der Waals surface area (Å²) >= 11 is 0. The van der Waals surface area contributed by atoms with Crippen molar-refractivity contribution in [2.45, 2.75) is 40.2 Å². The van der Waals surface area contributed by atoms with E-state index in [0.717, 1.165) is 41.6 Å². The molecule has 0 bridgehead atoms. The molecule has 2 aromatic carbocycles. The summed E-state index contributed by atoms with van der Waals surface area (Å²) in [5, 5.41) is 18.7. The average molecular weight is 455 g/mol. The fourth-order valence-electron chi connectivity index (χ4n) is 4.62. The topological polar surface area (TPSA) is 90.1 Å². The lowest BCUT2D eigenvalue weighted by Gasteiger charge is -2.37. The second-order valence-corrected chi connectivity index (χ2v) is 9.40. The van der Waals surface area contributed by atoms with Crippen molar-refractivity contribution in [1.82, 2.24) is 14.9 Å². The van der Waals surface area contributed by atoms with Crippen molar-refractivity contribution < 1.29 is 9.90 Å². The van der Waals surface area contributed by atoms with Gasteiger partial charge in [0, 0.05) is 43.2 Å². The van der Waals surface area contributed by atoms with E-state index in [4.69, 9.17) is 5.11 Å². The predicted molar refractivity (Wildman–Crippen MR) is 132 cm³/mol. The lowest BCUT2D eigenvalue weighted by Crippen LogP contribution is -2.49. The molecule has 6 nitrogen and oxygen atoms in total. The van der Waals surface area contributed by atoms with E-state index in [1.54, 1.807) is 0 Å². The van der Waals surface area contributed by atoms with Crippen molar-refractivity contribution in [3.05, 3.63) is 71.0 Å². The molecule has 3 aromatic rings. The highest BCUT2D eigenvalue weighted by Gasteiger charge is 2.32. The quantitative estimate of drug-likeness (QED) is 0.517. The predicted octanol–water partition coefficient (Wildman–Crippen LogP) is 4.96. The third kappa shape index (κ3) is 5.00. The number of aromatic nitrogens is 2. The summed E-state index contributed by atoms with van der Waals surface area (Å²) in [6.45, 7) is 8.37. The van der Waals surface area contributed by atoms with Crippen LogP contribution in [0.2, 0.25) is 0 Å². The van der Waals surface area contributed by atoms with E-state index in [0.29, 0.717) is 30.4 Å². The van der Waals surface area contributed by atoms with Crippen LogP contribution in [0.1, 0.15) is 43.0 Å². The van der Waals surface area contributed by atoms with Gasteiger partial charge in [0.15, 0.2) is 5.82 Å². The number of benzene rings is 2. The summed E-state index contributed by atoms with van der Waals surface area (Å²) in [6, 6.07) is 14.4. The van der Waals surface area contributed by atoms with Gasteiger partial charge in [0.25, 0.3) is 0 Å². The molecule has 0 radical (unpaired) electrons. The van der Waals surface area contributed by atoms with Crippen LogP contribution in [0.25, 0.3) is 22.5 Å². The van der Waals surface area contributed by atoms with Crippen LogP contribution >= 0.6 is 0 Å². The van der Waals surface area contributed by atoms with Gasteiger partial charge < -0.3 is 5.11 Å². The number of carboxylic acids is 1. The molecule has 1 aliphatic heterocycles. The molecule has 1 fully saturated rings. The minimum atomic E-state index is -0.714. The van der Waals surface area contributed by atoms with Crippen molar-refractivity contribution >= 4 is 5.97 Å². The van der Waals surface area contributed by atoms with Gasteiger partial charge >= 0.3 is 5.97 Å². The van der Waals surface area contributed by atoms with Crippen molar-refractivity contribution in [2.75, 3.05) is 13.1 Å². The Bertz CT molecular complexity index is 1220. The zero-order valence-electron chi connectivity index (χ0n) is 20.0. The highest BCUT2D eigenvalue weighted by Crippen LogP contribution is 2.30. The Morgan fingerprint density at radius 3 is 2.50 bits per heavy atom. The summed E-state index contributed by atoms with van der Waals surface area (Å²) in [6.07, 6.45) is 5.43. The van der Waals surface area contributed by atoms with Crippen LogP contribution in [0.3, 0.4) is 0 Å². The highest BCUT2D eigenvalue weighted by atomic mass is 16.4. The number of aliphatic carboxylic acids is 1. The first-order valence-electron chi connectivity index (χ1n) is 11.8. The molecular formula is C28H30N4O2. The molecular weight excluding hydrogens is 424 g/mol. The van der Waals surface area contributed by atoms with Gasteiger partial charge in [0.2, 0.25) is 0 Å². The van der Waals surface area contributed by atoms with Gasteiger partial charge in [-0.05, 0) is 47.1 Å². The number of hydrogen-bond acceptors (Lipinski definition) is 5. The van der Waals surface area contributed by atoms with Crippen LogP contribution in [0.5, 0.6) is 0 Å². The SMILES string of the molecule is CCc1c(CN2CC(C(=O)O)C2)cccc1-c1cnc(-c2ccc(CC(C)C)c(C#N)c2)nc1. The molecule has 34 heavy (non-hydrogen) atoms. The molecule has 2 heterocycles. The fourth-order valence-corrected chi connectivity index (χ4v) is 4.62. The standard InChI is InChI=1S/C28H30N4O2/c1-4-25-21(15-32-16-24(17-32)28(33)34)6-5-7-26(25)23-13-30-27(31-14-23)20-9-8-19(10-18(2)3)22(11-20)12-29/h5-9,11,13-14,18,24H,4,10,15-17H2,1-3H3,(H,33,34). The van der Waals surface area contributed by atoms with Crippen LogP contribution in [-0.4, -0.2) is 39.0 Å². The zero-order valence-corrected chi connectivity index (χ0v) is 20.0. The summed E-state index contributed by atoms with van der Waals surface area (Å²) in [4.78, 5) is 22.5. The molecule has 0 aliphatic carbocycles. The van der Waals surface area contributed by atoms with E-state index in [1.807, 2.05) is 36.7 Å². The third-order valence-corrected chi connectivity index (χ3v) is 6.41. The number of nitriles is 1. The van der Waals surface area contributed by atoms with Crippen molar-refractivity contribution in [3.63, 3.8) is 0 Å². The summed E-state index contributed by atoms with van der Waals surface area (Å²) in [7, 11) is 0. The molecule has 1 aromatic heterocycles. The zero-order chi connectivity index (χ0) is 24.2. The number of rotatable bonds is 8. The first kappa shape index (κ1) is 23.6. The minimum Gasteiger partial charge on any atom is -0.481 e. The molecule has 4 rings (SSSR count). The van der Waals surface area contributed by atoms with Gasteiger partial charge in [-0.15, -0.1) is 0 Å².